The Balaban J connectivity index is 1.54. The van der Waals surface area contributed by atoms with Crippen molar-refractivity contribution in [1.29, 1.82) is 0 Å². The van der Waals surface area contributed by atoms with Gasteiger partial charge in [-0.2, -0.15) is 5.10 Å². The molecule has 0 aliphatic carbocycles. The maximum absolute atomic E-state index is 12.9. The number of aromatic amines is 1. The highest BCUT2D eigenvalue weighted by molar-refractivity contribution is 7.89. The quantitative estimate of drug-likeness (QED) is 0.665. The molecule has 2 N–H and O–H groups in total. The summed E-state index contributed by atoms with van der Waals surface area (Å²) in [6.07, 6.45) is 0.868. The van der Waals surface area contributed by atoms with E-state index >= 15 is 0 Å². The van der Waals surface area contributed by atoms with Gasteiger partial charge < -0.3 is 0 Å². The summed E-state index contributed by atoms with van der Waals surface area (Å²) in [5.74, 6) is 0.884. The van der Waals surface area contributed by atoms with Crippen molar-refractivity contribution in [3.63, 3.8) is 0 Å². The third-order valence-electron chi connectivity index (χ3n) is 3.83. The smallest absolute Gasteiger partial charge is 0.240 e. The molecule has 1 heterocycles. The molecule has 136 valence electrons. The number of nitrogens with zero attached hydrogens (tertiary/aromatic N) is 2. The number of nitrogens with one attached hydrogen (secondary N) is 2. The number of aromatic nitrogens is 3. The Kier molecular flexibility index (Phi) is 5.43. The van der Waals surface area contributed by atoms with Crippen LogP contribution in [0.5, 0.6) is 0 Å². The largest absolute Gasteiger partial charge is 0.263 e. The average molecular weight is 374 g/mol. The van der Waals surface area contributed by atoms with E-state index in [-0.39, 0.29) is 17.3 Å². The molecule has 0 aliphatic heterocycles. The predicted molar refractivity (Wildman–Crippen MR) is 95.7 cm³/mol. The van der Waals surface area contributed by atoms with E-state index in [4.69, 9.17) is 0 Å². The number of hydrogen-bond acceptors (Lipinski definition) is 4. The second kappa shape index (κ2) is 7.76. The van der Waals surface area contributed by atoms with Gasteiger partial charge in [0.05, 0.1) is 4.90 Å². The zero-order chi connectivity index (χ0) is 18.6. The zero-order valence-corrected chi connectivity index (χ0v) is 15.1. The van der Waals surface area contributed by atoms with Crippen LogP contribution in [0.3, 0.4) is 0 Å². The van der Waals surface area contributed by atoms with Crippen molar-refractivity contribution >= 4 is 10.0 Å². The molecule has 0 spiro atoms. The third kappa shape index (κ3) is 4.74. The van der Waals surface area contributed by atoms with E-state index in [1.54, 1.807) is 36.4 Å². The van der Waals surface area contributed by atoms with E-state index in [0.717, 1.165) is 11.1 Å². The molecule has 0 fully saturated rings. The Morgan fingerprint density at radius 1 is 1.08 bits per heavy atom. The van der Waals surface area contributed by atoms with Gasteiger partial charge in [-0.05, 0) is 36.8 Å². The van der Waals surface area contributed by atoms with Gasteiger partial charge in [-0.25, -0.2) is 22.5 Å². The molecular formula is C18H19FN4O2S. The monoisotopic (exact) mass is 374 g/mol. The van der Waals surface area contributed by atoms with Crippen molar-refractivity contribution in [1.82, 2.24) is 19.9 Å². The number of hydrogen-bond donors (Lipinski definition) is 2. The van der Waals surface area contributed by atoms with E-state index < -0.39 is 10.0 Å². The van der Waals surface area contributed by atoms with Crippen molar-refractivity contribution in [2.75, 3.05) is 6.54 Å². The van der Waals surface area contributed by atoms with Crippen molar-refractivity contribution in [3.05, 3.63) is 77.1 Å². The van der Waals surface area contributed by atoms with E-state index in [9.17, 15) is 12.8 Å². The minimum Gasteiger partial charge on any atom is -0.263 e. The molecule has 3 aromatic rings. The molecule has 1 aromatic heterocycles. The van der Waals surface area contributed by atoms with Crippen LogP contribution in [0.25, 0.3) is 0 Å². The summed E-state index contributed by atoms with van der Waals surface area (Å²) < 4.78 is 39.9. The van der Waals surface area contributed by atoms with Gasteiger partial charge in [0.25, 0.3) is 0 Å². The molecule has 0 amide bonds. The summed E-state index contributed by atoms with van der Waals surface area (Å²) in [4.78, 5) is 4.57. The van der Waals surface area contributed by atoms with E-state index in [1.807, 2.05) is 6.92 Å². The molecule has 0 bridgehead atoms. The van der Waals surface area contributed by atoms with Gasteiger partial charge in [0.15, 0.2) is 5.82 Å². The standard InChI is InChI=1S/C18H19FN4O2S/c1-13-2-8-16(9-3-13)26(24,25)20-11-10-17-21-18(23-22-17)12-14-4-6-15(19)7-5-14/h2-9,20H,10-12H2,1H3,(H,21,22,23). The fourth-order valence-electron chi connectivity index (χ4n) is 2.42. The molecule has 0 unspecified atom stereocenters. The van der Waals surface area contributed by atoms with Crippen molar-refractivity contribution in [2.24, 2.45) is 0 Å². The highest BCUT2D eigenvalue weighted by Gasteiger charge is 2.13. The van der Waals surface area contributed by atoms with Gasteiger partial charge in [0, 0.05) is 19.4 Å². The van der Waals surface area contributed by atoms with Crippen LogP contribution in [0.2, 0.25) is 0 Å². The Hall–Kier alpha value is -2.58. The van der Waals surface area contributed by atoms with Crippen LogP contribution in [0.15, 0.2) is 53.4 Å². The van der Waals surface area contributed by atoms with Crippen LogP contribution in [-0.4, -0.2) is 30.1 Å². The minimum atomic E-state index is -3.54. The van der Waals surface area contributed by atoms with Crippen LogP contribution in [0.4, 0.5) is 4.39 Å². The van der Waals surface area contributed by atoms with Crippen molar-refractivity contribution in [2.45, 2.75) is 24.7 Å². The zero-order valence-electron chi connectivity index (χ0n) is 14.2. The van der Waals surface area contributed by atoms with E-state index in [0.29, 0.717) is 24.5 Å². The molecule has 0 saturated carbocycles. The number of benzene rings is 2. The summed E-state index contributed by atoms with van der Waals surface area (Å²) in [6.45, 7) is 2.10. The lowest BCUT2D eigenvalue weighted by molar-refractivity contribution is 0.581. The first-order valence-corrected chi connectivity index (χ1v) is 9.62. The van der Waals surface area contributed by atoms with Crippen LogP contribution >= 0.6 is 0 Å². The second-order valence-electron chi connectivity index (χ2n) is 5.96. The minimum absolute atomic E-state index is 0.198. The Morgan fingerprint density at radius 3 is 2.46 bits per heavy atom. The molecule has 26 heavy (non-hydrogen) atoms. The second-order valence-corrected chi connectivity index (χ2v) is 7.73. The van der Waals surface area contributed by atoms with Crippen LogP contribution in [-0.2, 0) is 22.9 Å². The molecule has 3 rings (SSSR count). The molecule has 0 aliphatic rings. The van der Waals surface area contributed by atoms with Gasteiger partial charge in [-0.1, -0.05) is 29.8 Å². The number of sulfonamides is 1. The summed E-state index contributed by atoms with van der Waals surface area (Å²) in [5, 5.41) is 6.91. The van der Waals surface area contributed by atoms with E-state index in [2.05, 4.69) is 19.9 Å². The lowest BCUT2D eigenvalue weighted by Crippen LogP contribution is -2.26. The molecule has 0 saturated heterocycles. The molecule has 0 atom stereocenters. The Morgan fingerprint density at radius 2 is 1.77 bits per heavy atom. The summed E-state index contributed by atoms with van der Waals surface area (Å²) in [5.41, 5.74) is 1.91. The van der Waals surface area contributed by atoms with Gasteiger partial charge in [-0.3, -0.25) is 5.10 Å². The average Bonchev–Trinajstić information content (AvgIpc) is 3.04. The first-order chi connectivity index (χ1) is 12.4. The first kappa shape index (κ1) is 18.2. The van der Waals surface area contributed by atoms with E-state index in [1.165, 1.54) is 12.1 Å². The third-order valence-corrected chi connectivity index (χ3v) is 5.31. The fraction of sp³-hybridized carbons (Fsp3) is 0.222. The Labute approximate surface area is 151 Å². The SMILES string of the molecule is Cc1ccc(S(=O)(=O)NCCc2n[nH]c(Cc3ccc(F)cc3)n2)cc1. The Bertz CT molecular complexity index is 967. The van der Waals surface area contributed by atoms with Crippen LogP contribution in [0.1, 0.15) is 22.8 Å². The normalized spacial score (nSPS) is 11.6. The molecule has 6 nitrogen and oxygen atoms in total. The maximum atomic E-state index is 12.9. The molecular weight excluding hydrogens is 355 g/mol. The predicted octanol–water partition coefficient (Wildman–Crippen LogP) is 2.36. The highest BCUT2D eigenvalue weighted by Crippen LogP contribution is 2.10. The first-order valence-electron chi connectivity index (χ1n) is 8.13. The van der Waals surface area contributed by atoms with Gasteiger partial charge in [-0.15, -0.1) is 0 Å². The summed E-state index contributed by atoms with van der Waals surface area (Å²) in [7, 11) is -3.54. The van der Waals surface area contributed by atoms with Gasteiger partial charge >= 0.3 is 0 Å². The number of rotatable bonds is 7. The molecule has 2 aromatic carbocycles. The lowest BCUT2D eigenvalue weighted by Gasteiger charge is -2.05. The fourth-order valence-corrected chi connectivity index (χ4v) is 3.45. The number of aryl methyl sites for hydroxylation is 1. The highest BCUT2D eigenvalue weighted by atomic mass is 32.2. The van der Waals surface area contributed by atoms with Crippen LogP contribution in [0, 0.1) is 12.7 Å². The topological polar surface area (TPSA) is 87.7 Å². The summed E-state index contributed by atoms with van der Waals surface area (Å²) >= 11 is 0. The van der Waals surface area contributed by atoms with Crippen LogP contribution < -0.4 is 4.72 Å². The lowest BCUT2D eigenvalue weighted by atomic mass is 10.1. The van der Waals surface area contributed by atoms with Gasteiger partial charge in [0.2, 0.25) is 10.0 Å². The summed E-state index contributed by atoms with van der Waals surface area (Å²) in [6, 6.07) is 12.8. The molecule has 0 radical (unpaired) electrons. The number of H-pyrrole nitrogens is 1. The molecule has 8 heteroatoms. The number of halogens is 1. The van der Waals surface area contributed by atoms with Gasteiger partial charge in [0.1, 0.15) is 11.6 Å². The van der Waals surface area contributed by atoms with Crippen molar-refractivity contribution < 1.29 is 12.8 Å². The van der Waals surface area contributed by atoms with Crippen molar-refractivity contribution in [3.8, 4) is 0 Å². The maximum Gasteiger partial charge on any atom is 0.240 e.